The summed E-state index contributed by atoms with van der Waals surface area (Å²) in [4.78, 5) is 0. The van der Waals surface area contributed by atoms with Crippen LogP contribution in [0.1, 0.15) is 13.8 Å². The highest BCUT2D eigenvalue weighted by atomic mass is 79.9. The van der Waals surface area contributed by atoms with Crippen LogP contribution in [0.25, 0.3) is 0 Å². The molecule has 0 N–H and O–H groups in total. The predicted octanol–water partition coefficient (Wildman–Crippen LogP) is 5.12. The average Bonchev–Trinajstić information content (AvgIpc) is 2.35. The zero-order valence-corrected chi connectivity index (χ0v) is 13.6. The van der Waals surface area contributed by atoms with Crippen LogP contribution in [0.15, 0.2) is 45.4 Å². The lowest BCUT2D eigenvalue weighted by atomic mass is 10.3. The summed E-state index contributed by atoms with van der Waals surface area (Å²) in [6.07, 6.45) is 7.82. The van der Waals surface area contributed by atoms with Crippen molar-refractivity contribution in [2.45, 2.75) is 13.8 Å². The number of benzene rings is 1. The molecule has 1 aromatic carbocycles. The molecule has 1 rings (SSSR count). The fraction of sp³-hybridized carbons (Fsp3) is 0.286. The van der Waals surface area contributed by atoms with Gasteiger partial charge in [-0.2, -0.15) is 0 Å². The molecular weight excluding hydrogens is 360 g/mol. The molecule has 0 aliphatic rings. The molecule has 0 aliphatic heterocycles. The molecule has 0 heterocycles. The van der Waals surface area contributed by atoms with Gasteiger partial charge in [0.2, 0.25) is 0 Å². The molecule has 0 saturated heterocycles. The fourth-order valence-electron chi connectivity index (χ4n) is 1.20. The lowest BCUT2D eigenvalue weighted by Gasteiger charge is -2.11. The topological polar surface area (TPSA) is 18.5 Å². The third kappa shape index (κ3) is 4.86. The molecule has 0 spiro atoms. The van der Waals surface area contributed by atoms with Crippen molar-refractivity contribution in [3.8, 4) is 11.5 Å². The minimum atomic E-state index is 0.556. The zero-order valence-electron chi connectivity index (χ0n) is 10.5. The standard InChI is InChI=1S/C14H16Br2O2/c1-3-5-7-17-13-9-12(16)14(10-11(13)15)18-8-6-4-2/h3-6,9-10H,7-8H2,1-2H3/b5-3+,6-4+. The first-order chi connectivity index (χ1) is 8.69. The van der Waals surface area contributed by atoms with Gasteiger partial charge in [0.05, 0.1) is 8.95 Å². The van der Waals surface area contributed by atoms with E-state index >= 15 is 0 Å². The zero-order chi connectivity index (χ0) is 13.4. The van der Waals surface area contributed by atoms with E-state index in [4.69, 9.17) is 9.47 Å². The van der Waals surface area contributed by atoms with Gasteiger partial charge in [0.1, 0.15) is 24.7 Å². The van der Waals surface area contributed by atoms with Gasteiger partial charge in [-0.3, -0.25) is 0 Å². The molecule has 0 aromatic heterocycles. The highest BCUT2D eigenvalue weighted by Gasteiger charge is 2.08. The van der Waals surface area contributed by atoms with Crippen LogP contribution in [-0.2, 0) is 0 Å². The van der Waals surface area contributed by atoms with Gasteiger partial charge in [-0.05, 0) is 57.8 Å². The summed E-state index contributed by atoms with van der Waals surface area (Å²) >= 11 is 6.95. The van der Waals surface area contributed by atoms with Crippen molar-refractivity contribution in [1.82, 2.24) is 0 Å². The first-order valence-electron chi connectivity index (χ1n) is 5.66. The molecule has 0 aliphatic carbocycles. The van der Waals surface area contributed by atoms with Gasteiger partial charge in [-0.25, -0.2) is 0 Å². The minimum absolute atomic E-state index is 0.556. The second-order valence-electron chi connectivity index (χ2n) is 3.47. The van der Waals surface area contributed by atoms with Crippen molar-refractivity contribution in [2.24, 2.45) is 0 Å². The summed E-state index contributed by atoms with van der Waals surface area (Å²) in [5, 5.41) is 0. The monoisotopic (exact) mass is 374 g/mol. The van der Waals surface area contributed by atoms with E-state index in [1.807, 2.05) is 50.3 Å². The molecule has 0 atom stereocenters. The quantitative estimate of drug-likeness (QED) is 0.642. The molecular formula is C14H16Br2O2. The van der Waals surface area contributed by atoms with Crippen molar-refractivity contribution >= 4 is 31.9 Å². The van der Waals surface area contributed by atoms with Gasteiger partial charge < -0.3 is 9.47 Å². The SMILES string of the molecule is C/C=C/COc1cc(Br)c(OC/C=C/C)cc1Br. The molecule has 1 aromatic rings. The normalized spacial score (nSPS) is 11.3. The van der Waals surface area contributed by atoms with E-state index < -0.39 is 0 Å². The molecule has 2 nitrogen and oxygen atoms in total. The second kappa shape index (κ2) is 8.38. The van der Waals surface area contributed by atoms with Crippen LogP contribution < -0.4 is 9.47 Å². The smallest absolute Gasteiger partial charge is 0.135 e. The van der Waals surface area contributed by atoms with Crippen molar-refractivity contribution in [2.75, 3.05) is 13.2 Å². The lowest BCUT2D eigenvalue weighted by Crippen LogP contribution is -1.97. The first-order valence-corrected chi connectivity index (χ1v) is 7.24. The Morgan fingerprint density at radius 1 is 0.889 bits per heavy atom. The Morgan fingerprint density at radius 2 is 1.28 bits per heavy atom. The largest absolute Gasteiger partial charge is 0.488 e. The van der Waals surface area contributed by atoms with Crippen molar-refractivity contribution < 1.29 is 9.47 Å². The van der Waals surface area contributed by atoms with E-state index in [9.17, 15) is 0 Å². The first kappa shape index (κ1) is 15.3. The van der Waals surface area contributed by atoms with Crippen molar-refractivity contribution in [1.29, 1.82) is 0 Å². The number of halogens is 2. The highest BCUT2D eigenvalue weighted by Crippen LogP contribution is 2.36. The van der Waals surface area contributed by atoms with Crippen LogP contribution in [0.5, 0.6) is 11.5 Å². The summed E-state index contributed by atoms with van der Waals surface area (Å²) in [7, 11) is 0. The Balaban J connectivity index is 2.76. The summed E-state index contributed by atoms with van der Waals surface area (Å²) in [5.74, 6) is 1.58. The molecule has 0 amide bonds. The van der Waals surface area contributed by atoms with Gasteiger partial charge in [-0.1, -0.05) is 24.3 Å². The Morgan fingerprint density at radius 3 is 1.61 bits per heavy atom. The van der Waals surface area contributed by atoms with Gasteiger partial charge in [0.25, 0.3) is 0 Å². The Hall–Kier alpha value is -0.740. The van der Waals surface area contributed by atoms with Crippen LogP contribution in [0.4, 0.5) is 0 Å². The maximum Gasteiger partial charge on any atom is 0.135 e. The van der Waals surface area contributed by atoms with Gasteiger partial charge in [0.15, 0.2) is 0 Å². The summed E-state index contributed by atoms with van der Waals surface area (Å²) < 4.78 is 13.0. The van der Waals surface area contributed by atoms with Crippen LogP contribution in [0.2, 0.25) is 0 Å². The Kier molecular flexibility index (Phi) is 7.13. The molecule has 0 fully saturated rings. The summed E-state index contributed by atoms with van der Waals surface area (Å²) in [6.45, 7) is 5.04. The van der Waals surface area contributed by atoms with Crippen LogP contribution in [-0.4, -0.2) is 13.2 Å². The predicted molar refractivity (Wildman–Crippen MR) is 82.5 cm³/mol. The third-order valence-corrected chi connectivity index (χ3v) is 3.37. The Bertz CT molecular complexity index is 398. The number of ether oxygens (including phenoxy) is 2. The Labute approximate surface area is 125 Å². The van der Waals surface area contributed by atoms with Crippen molar-refractivity contribution in [3.63, 3.8) is 0 Å². The van der Waals surface area contributed by atoms with E-state index in [2.05, 4.69) is 31.9 Å². The molecule has 18 heavy (non-hydrogen) atoms. The van der Waals surface area contributed by atoms with E-state index in [0.29, 0.717) is 13.2 Å². The average molecular weight is 376 g/mol. The van der Waals surface area contributed by atoms with Gasteiger partial charge >= 0.3 is 0 Å². The molecule has 0 bridgehead atoms. The molecule has 0 saturated carbocycles. The summed E-state index contributed by atoms with van der Waals surface area (Å²) in [5.41, 5.74) is 0. The number of rotatable bonds is 6. The van der Waals surface area contributed by atoms with Crippen molar-refractivity contribution in [3.05, 3.63) is 45.4 Å². The van der Waals surface area contributed by atoms with E-state index in [1.165, 1.54) is 0 Å². The maximum atomic E-state index is 5.61. The molecule has 0 radical (unpaired) electrons. The van der Waals surface area contributed by atoms with E-state index in [0.717, 1.165) is 20.4 Å². The second-order valence-corrected chi connectivity index (χ2v) is 5.18. The van der Waals surface area contributed by atoms with Crippen LogP contribution >= 0.6 is 31.9 Å². The number of hydrogen-bond acceptors (Lipinski definition) is 2. The fourth-order valence-corrected chi connectivity index (χ4v) is 2.07. The third-order valence-electron chi connectivity index (χ3n) is 2.13. The lowest BCUT2D eigenvalue weighted by molar-refractivity contribution is 0.348. The van der Waals surface area contributed by atoms with Crippen LogP contribution in [0.3, 0.4) is 0 Å². The van der Waals surface area contributed by atoms with E-state index in [-0.39, 0.29) is 0 Å². The van der Waals surface area contributed by atoms with Crippen LogP contribution in [0, 0.1) is 0 Å². The highest BCUT2D eigenvalue weighted by molar-refractivity contribution is 9.11. The molecule has 4 heteroatoms. The minimum Gasteiger partial charge on any atom is -0.488 e. The molecule has 98 valence electrons. The number of allylic oxidation sites excluding steroid dienone is 2. The van der Waals surface area contributed by atoms with Gasteiger partial charge in [-0.15, -0.1) is 0 Å². The maximum absolute atomic E-state index is 5.61. The van der Waals surface area contributed by atoms with E-state index in [1.54, 1.807) is 0 Å². The van der Waals surface area contributed by atoms with Gasteiger partial charge in [0, 0.05) is 0 Å². The molecule has 0 unspecified atom stereocenters. The number of hydrogen-bond donors (Lipinski definition) is 0. The summed E-state index contributed by atoms with van der Waals surface area (Å²) in [6, 6.07) is 3.80.